The van der Waals surface area contributed by atoms with Gasteiger partial charge >= 0.3 is 5.97 Å². The van der Waals surface area contributed by atoms with Crippen LogP contribution in [0.1, 0.15) is 34.7 Å². The number of carbonyl (C=O) groups is 1. The van der Waals surface area contributed by atoms with Gasteiger partial charge in [-0.15, -0.1) is 11.8 Å². The minimum atomic E-state index is -0.949. The van der Waals surface area contributed by atoms with E-state index in [0.717, 1.165) is 29.0 Å². The standard InChI is InChI=1S/C28H25F2N3O4S/c1-2-35-28(34)23(31)15-38-27-19-4-3-9-32-25(19)14-37-26-8-7-18(11-20(26)27)36-13-17-6-5-16-10-21(29)22(30)12-24(16)33-17/h3-12,23,27H,2,13-15,31H2,1H3/t23-,27-/m0/s1. The van der Waals surface area contributed by atoms with Crippen molar-refractivity contribution in [3.63, 3.8) is 0 Å². The predicted octanol–water partition coefficient (Wildman–Crippen LogP) is 5.09. The quantitative estimate of drug-likeness (QED) is 0.311. The van der Waals surface area contributed by atoms with Crippen molar-refractivity contribution >= 4 is 28.6 Å². The van der Waals surface area contributed by atoms with Crippen LogP contribution in [0.5, 0.6) is 11.5 Å². The SMILES string of the molecule is CCOC(=O)[C@@H](N)CS[C@@H]1c2cc(OCc3ccc4cc(F)c(F)cc4n3)ccc2OCc2ncccc21. The lowest BCUT2D eigenvalue weighted by Gasteiger charge is -2.20. The summed E-state index contributed by atoms with van der Waals surface area (Å²) in [5.41, 5.74) is 9.62. The first-order chi connectivity index (χ1) is 18.4. The minimum Gasteiger partial charge on any atom is -0.487 e. The topological polar surface area (TPSA) is 96.6 Å². The Balaban J connectivity index is 1.39. The van der Waals surface area contributed by atoms with Crippen molar-refractivity contribution in [3.8, 4) is 11.5 Å². The van der Waals surface area contributed by atoms with Crippen molar-refractivity contribution in [3.05, 3.63) is 94.9 Å². The summed E-state index contributed by atoms with van der Waals surface area (Å²) in [4.78, 5) is 21.0. The zero-order chi connectivity index (χ0) is 26.6. The minimum absolute atomic E-state index is 0.123. The average Bonchev–Trinajstić information content (AvgIpc) is 3.07. The second-order valence-corrected chi connectivity index (χ2v) is 9.79. The Morgan fingerprint density at radius 3 is 2.84 bits per heavy atom. The summed E-state index contributed by atoms with van der Waals surface area (Å²) >= 11 is 1.51. The lowest BCUT2D eigenvalue weighted by atomic mass is 10.0. The number of hydrogen-bond acceptors (Lipinski definition) is 8. The van der Waals surface area contributed by atoms with Crippen molar-refractivity contribution < 1.29 is 27.8 Å². The van der Waals surface area contributed by atoms with Crippen LogP contribution in [0.2, 0.25) is 0 Å². The third kappa shape index (κ3) is 5.56. The van der Waals surface area contributed by atoms with Crippen LogP contribution < -0.4 is 15.2 Å². The molecular formula is C28H25F2N3O4S. The molecular weight excluding hydrogens is 512 g/mol. The second kappa shape index (κ2) is 11.3. The maximum Gasteiger partial charge on any atom is 0.323 e. The van der Waals surface area contributed by atoms with Crippen LogP contribution in [0.4, 0.5) is 8.78 Å². The van der Waals surface area contributed by atoms with Crippen molar-refractivity contribution in [2.24, 2.45) is 5.73 Å². The number of nitrogens with two attached hydrogens (primary N) is 1. The van der Waals surface area contributed by atoms with E-state index in [2.05, 4.69) is 9.97 Å². The highest BCUT2D eigenvalue weighted by atomic mass is 32.2. The van der Waals surface area contributed by atoms with Gasteiger partial charge in [0.05, 0.1) is 28.8 Å². The first-order valence-corrected chi connectivity index (χ1v) is 13.1. The van der Waals surface area contributed by atoms with E-state index in [-0.39, 0.29) is 18.5 Å². The van der Waals surface area contributed by atoms with Gasteiger partial charge in [-0.25, -0.2) is 13.8 Å². The van der Waals surface area contributed by atoms with Gasteiger partial charge in [0.25, 0.3) is 0 Å². The van der Waals surface area contributed by atoms with E-state index in [1.165, 1.54) is 11.8 Å². The fraction of sp³-hybridized carbons (Fsp3) is 0.250. The van der Waals surface area contributed by atoms with Gasteiger partial charge in [-0.1, -0.05) is 12.1 Å². The highest BCUT2D eigenvalue weighted by molar-refractivity contribution is 7.99. The summed E-state index contributed by atoms with van der Waals surface area (Å²) in [7, 11) is 0. The van der Waals surface area contributed by atoms with E-state index in [9.17, 15) is 13.6 Å². The molecule has 5 rings (SSSR count). The molecule has 2 N–H and O–H groups in total. The van der Waals surface area contributed by atoms with Crippen LogP contribution in [-0.4, -0.2) is 34.3 Å². The van der Waals surface area contributed by atoms with Crippen LogP contribution in [-0.2, 0) is 22.7 Å². The van der Waals surface area contributed by atoms with E-state index in [1.54, 1.807) is 31.3 Å². The Morgan fingerprint density at radius 1 is 1.16 bits per heavy atom. The largest absolute Gasteiger partial charge is 0.487 e. The Bertz CT molecular complexity index is 1490. The number of pyridine rings is 2. The highest BCUT2D eigenvalue weighted by Gasteiger charge is 2.28. The Kier molecular flexibility index (Phi) is 7.71. The molecule has 2 aromatic carbocycles. The van der Waals surface area contributed by atoms with Crippen molar-refractivity contribution in [2.75, 3.05) is 12.4 Å². The smallest absolute Gasteiger partial charge is 0.323 e. The zero-order valence-electron chi connectivity index (χ0n) is 20.5. The lowest BCUT2D eigenvalue weighted by molar-refractivity contribution is -0.144. The summed E-state index contributed by atoms with van der Waals surface area (Å²) in [5, 5.41) is 0.292. The maximum absolute atomic E-state index is 13.7. The number of halogens is 2. The van der Waals surface area contributed by atoms with E-state index in [4.69, 9.17) is 19.9 Å². The van der Waals surface area contributed by atoms with E-state index < -0.39 is 23.6 Å². The van der Waals surface area contributed by atoms with Gasteiger partial charge in [-0.2, -0.15) is 0 Å². The molecule has 3 heterocycles. The number of ether oxygens (including phenoxy) is 3. The molecule has 0 spiro atoms. The van der Waals surface area contributed by atoms with Crippen molar-refractivity contribution in [2.45, 2.75) is 31.4 Å². The molecule has 0 amide bonds. The first kappa shape index (κ1) is 25.9. The molecule has 0 unspecified atom stereocenters. The number of fused-ring (bicyclic) bond motifs is 3. The van der Waals surface area contributed by atoms with Gasteiger partial charge < -0.3 is 19.9 Å². The van der Waals surface area contributed by atoms with Crippen molar-refractivity contribution in [1.82, 2.24) is 9.97 Å². The van der Waals surface area contributed by atoms with E-state index in [0.29, 0.717) is 40.5 Å². The van der Waals surface area contributed by atoms with Crippen LogP contribution in [0.25, 0.3) is 10.9 Å². The number of thioether (sulfide) groups is 1. The molecule has 0 radical (unpaired) electrons. The molecule has 4 aromatic rings. The molecule has 0 saturated carbocycles. The van der Waals surface area contributed by atoms with E-state index >= 15 is 0 Å². The molecule has 10 heteroatoms. The highest BCUT2D eigenvalue weighted by Crippen LogP contribution is 2.45. The average molecular weight is 538 g/mol. The van der Waals surface area contributed by atoms with Crippen LogP contribution >= 0.6 is 11.8 Å². The van der Waals surface area contributed by atoms with Crippen LogP contribution in [0.3, 0.4) is 0 Å². The number of benzene rings is 2. The van der Waals surface area contributed by atoms with Gasteiger partial charge in [0, 0.05) is 29.0 Å². The van der Waals surface area contributed by atoms with E-state index in [1.807, 2.05) is 24.3 Å². The zero-order valence-corrected chi connectivity index (χ0v) is 21.3. The molecule has 2 aromatic heterocycles. The monoisotopic (exact) mass is 537 g/mol. The molecule has 0 saturated heterocycles. The second-order valence-electron chi connectivity index (χ2n) is 8.65. The Hall–Kier alpha value is -3.76. The number of aromatic nitrogens is 2. The van der Waals surface area contributed by atoms with Crippen LogP contribution in [0.15, 0.2) is 60.8 Å². The number of rotatable bonds is 8. The lowest BCUT2D eigenvalue weighted by Crippen LogP contribution is -2.34. The van der Waals surface area contributed by atoms with Gasteiger partial charge in [0.1, 0.15) is 30.8 Å². The number of hydrogen-bond donors (Lipinski definition) is 1. The van der Waals surface area contributed by atoms with Gasteiger partial charge in [0.2, 0.25) is 0 Å². The molecule has 7 nitrogen and oxygen atoms in total. The summed E-state index contributed by atoms with van der Waals surface area (Å²) in [5.74, 6) is -0.719. The summed E-state index contributed by atoms with van der Waals surface area (Å²) in [6.45, 7) is 2.44. The van der Waals surface area contributed by atoms with Gasteiger partial charge in [-0.05, 0) is 48.9 Å². The molecule has 1 aliphatic heterocycles. The fourth-order valence-corrected chi connectivity index (χ4v) is 5.46. The van der Waals surface area contributed by atoms with Gasteiger partial charge in [-0.3, -0.25) is 9.78 Å². The molecule has 196 valence electrons. The van der Waals surface area contributed by atoms with Gasteiger partial charge in [0.15, 0.2) is 11.6 Å². The summed E-state index contributed by atoms with van der Waals surface area (Å²) in [6, 6.07) is 14.2. The summed E-state index contributed by atoms with van der Waals surface area (Å²) < 4.78 is 44.3. The number of carbonyl (C=O) groups excluding carboxylic acids is 1. The molecule has 0 bridgehead atoms. The summed E-state index contributed by atoms with van der Waals surface area (Å²) in [6.07, 6.45) is 1.72. The number of esters is 1. The first-order valence-electron chi connectivity index (χ1n) is 12.0. The molecule has 1 aliphatic rings. The fourth-order valence-electron chi connectivity index (χ4n) is 4.17. The molecule has 2 atom stereocenters. The predicted molar refractivity (Wildman–Crippen MR) is 140 cm³/mol. The third-order valence-electron chi connectivity index (χ3n) is 6.04. The maximum atomic E-state index is 13.7. The van der Waals surface area contributed by atoms with Crippen molar-refractivity contribution in [1.29, 1.82) is 0 Å². The molecule has 38 heavy (non-hydrogen) atoms. The number of nitrogens with zero attached hydrogens (tertiary/aromatic N) is 2. The normalized spacial score (nSPS) is 15.1. The third-order valence-corrected chi connectivity index (χ3v) is 7.44. The van der Waals surface area contributed by atoms with Crippen LogP contribution in [0, 0.1) is 11.6 Å². The Labute approximate surface area is 222 Å². The molecule has 0 aliphatic carbocycles. The molecule has 0 fully saturated rings. The Morgan fingerprint density at radius 2 is 2.00 bits per heavy atom.